The van der Waals surface area contributed by atoms with E-state index in [4.69, 9.17) is 4.74 Å². The lowest BCUT2D eigenvalue weighted by atomic mass is 10.3. The number of nitrogens with one attached hydrogen (secondary N) is 2. The van der Waals surface area contributed by atoms with Crippen molar-refractivity contribution >= 4 is 5.91 Å². The Morgan fingerprint density at radius 2 is 2.10 bits per heavy atom. The number of methoxy groups -OCH3 is 1. The van der Waals surface area contributed by atoms with Crippen LogP contribution in [0.2, 0.25) is 0 Å². The fraction of sp³-hybridized carbons (Fsp3) is 0.714. The smallest absolute Gasteiger partial charge is 0.234 e. The average Bonchev–Trinajstić information content (AvgIpc) is 2.94. The van der Waals surface area contributed by atoms with E-state index in [0.717, 1.165) is 44.1 Å². The van der Waals surface area contributed by atoms with Gasteiger partial charge in [0.1, 0.15) is 0 Å². The summed E-state index contributed by atoms with van der Waals surface area (Å²) >= 11 is 0. The van der Waals surface area contributed by atoms with Crippen molar-refractivity contribution in [2.45, 2.75) is 20.1 Å². The van der Waals surface area contributed by atoms with Crippen LogP contribution in [0.25, 0.3) is 0 Å². The van der Waals surface area contributed by atoms with Crippen molar-refractivity contribution in [1.29, 1.82) is 0 Å². The van der Waals surface area contributed by atoms with E-state index in [-0.39, 0.29) is 5.91 Å². The van der Waals surface area contributed by atoms with Gasteiger partial charge in [0.25, 0.3) is 0 Å². The maximum Gasteiger partial charge on any atom is 0.234 e. The lowest BCUT2D eigenvalue weighted by molar-refractivity contribution is -0.122. The van der Waals surface area contributed by atoms with Gasteiger partial charge in [-0.2, -0.15) is 5.10 Å². The molecule has 2 heterocycles. The Bertz CT molecular complexity index is 440. The van der Waals surface area contributed by atoms with E-state index in [1.165, 1.54) is 0 Å². The van der Waals surface area contributed by atoms with Gasteiger partial charge >= 0.3 is 0 Å². The van der Waals surface area contributed by atoms with E-state index in [9.17, 15) is 4.79 Å². The van der Waals surface area contributed by atoms with Gasteiger partial charge in [0.15, 0.2) is 0 Å². The summed E-state index contributed by atoms with van der Waals surface area (Å²) in [5.74, 6) is 0.0582. The number of carbonyl (C=O) groups excluding carboxylic acids is 1. The number of likely N-dealkylation sites (N-methyl/N-ethyl adjacent to an activating group) is 1. The van der Waals surface area contributed by atoms with Crippen LogP contribution in [-0.4, -0.2) is 72.3 Å². The summed E-state index contributed by atoms with van der Waals surface area (Å²) < 4.78 is 5.00. The van der Waals surface area contributed by atoms with E-state index in [0.29, 0.717) is 19.7 Å². The lowest BCUT2D eigenvalue weighted by Gasteiger charge is -2.33. The van der Waals surface area contributed by atoms with Crippen molar-refractivity contribution in [3.8, 4) is 0 Å². The Morgan fingerprint density at radius 1 is 1.38 bits per heavy atom. The zero-order chi connectivity index (χ0) is 15.1. The van der Waals surface area contributed by atoms with Gasteiger partial charge < -0.3 is 15.0 Å². The summed E-state index contributed by atoms with van der Waals surface area (Å²) in [6.45, 7) is 8.70. The zero-order valence-electron chi connectivity index (χ0n) is 12.9. The highest BCUT2D eigenvalue weighted by Crippen LogP contribution is 2.02. The van der Waals surface area contributed by atoms with Crippen LogP contribution in [-0.2, 0) is 22.7 Å². The topological polar surface area (TPSA) is 73.5 Å². The van der Waals surface area contributed by atoms with Crippen molar-refractivity contribution in [2.75, 3.05) is 46.4 Å². The molecule has 2 N–H and O–H groups in total. The Hall–Kier alpha value is -1.44. The van der Waals surface area contributed by atoms with Crippen LogP contribution in [0.4, 0.5) is 0 Å². The Labute approximate surface area is 125 Å². The quantitative estimate of drug-likeness (QED) is 0.729. The predicted octanol–water partition coefficient (Wildman–Crippen LogP) is -0.190. The molecule has 0 aliphatic carbocycles. The number of hydrogen-bond donors (Lipinski definition) is 2. The van der Waals surface area contributed by atoms with Crippen LogP contribution >= 0.6 is 0 Å². The monoisotopic (exact) mass is 295 g/mol. The largest absolute Gasteiger partial charge is 0.378 e. The van der Waals surface area contributed by atoms with E-state index in [2.05, 4.69) is 32.2 Å². The third kappa shape index (κ3) is 5.11. The number of amides is 1. The number of H-pyrrole nitrogens is 1. The third-order valence-corrected chi connectivity index (χ3v) is 3.73. The molecule has 0 radical (unpaired) electrons. The summed E-state index contributed by atoms with van der Waals surface area (Å²) in [5, 5.41) is 9.92. The molecule has 1 aliphatic rings. The molecule has 0 spiro atoms. The fourth-order valence-corrected chi connectivity index (χ4v) is 2.44. The first-order valence-electron chi connectivity index (χ1n) is 7.44. The van der Waals surface area contributed by atoms with Crippen LogP contribution in [0.15, 0.2) is 6.07 Å². The van der Waals surface area contributed by atoms with Gasteiger partial charge in [-0.1, -0.05) is 6.92 Å². The molecular weight excluding hydrogens is 270 g/mol. The average molecular weight is 295 g/mol. The zero-order valence-corrected chi connectivity index (χ0v) is 12.9. The third-order valence-electron chi connectivity index (χ3n) is 3.73. The molecule has 0 bridgehead atoms. The highest BCUT2D eigenvalue weighted by Gasteiger charge is 2.17. The van der Waals surface area contributed by atoms with Gasteiger partial charge in [0.05, 0.1) is 31.1 Å². The molecule has 1 fully saturated rings. The molecule has 0 saturated carbocycles. The number of nitrogens with zero attached hydrogens (tertiary/aromatic N) is 3. The van der Waals surface area contributed by atoms with Crippen LogP contribution in [0.3, 0.4) is 0 Å². The number of carbonyl (C=O) groups is 1. The van der Waals surface area contributed by atoms with E-state index in [1.807, 2.05) is 6.07 Å². The highest BCUT2D eigenvalue weighted by atomic mass is 16.5. The molecule has 1 aliphatic heterocycles. The van der Waals surface area contributed by atoms with E-state index < -0.39 is 0 Å². The summed E-state index contributed by atoms with van der Waals surface area (Å²) in [4.78, 5) is 16.5. The van der Waals surface area contributed by atoms with Crippen molar-refractivity contribution < 1.29 is 9.53 Å². The highest BCUT2D eigenvalue weighted by molar-refractivity contribution is 5.77. The van der Waals surface area contributed by atoms with E-state index >= 15 is 0 Å². The number of aromatic nitrogens is 2. The summed E-state index contributed by atoms with van der Waals surface area (Å²) in [5.41, 5.74) is 1.74. The second kappa shape index (κ2) is 8.11. The Kier molecular flexibility index (Phi) is 6.16. The lowest BCUT2D eigenvalue weighted by Crippen LogP contribution is -2.49. The molecule has 7 heteroatoms. The minimum Gasteiger partial charge on any atom is -0.378 e. The molecule has 0 atom stereocenters. The molecule has 1 aromatic rings. The molecule has 2 rings (SSSR count). The molecule has 7 nitrogen and oxygen atoms in total. The van der Waals surface area contributed by atoms with Crippen molar-refractivity contribution in [3.05, 3.63) is 17.5 Å². The first kappa shape index (κ1) is 15.9. The van der Waals surface area contributed by atoms with Crippen LogP contribution < -0.4 is 5.32 Å². The van der Waals surface area contributed by atoms with Crippen LogP contribution in [0, 0.1) is 0 Å². The first-order chi connectivity index (χ1) is 10.2. The standard InChI is InChI=1S/C14H25N5O2/c1-3-18-4-6-19(7-5-18)10-14(20)15-9-12-8-13(11-21-2)17-16-12/h8H,3-7,9-11H2,1-2H3,(H,15,20)(H,16,17). The Morgan fingerprint density at radius 3 is 2.76 bits per heavy atom. The van der Waals surface area contributed by atoms with Gasteiger partial charge in [-0.3, -0.25) is 14.8 Å². The fourth-order valence-electron chi connectivity index (χ4n) is 2.44. The molecule has 21 heavy (non-hydrogen) atoms. The van der Waals surface area contributed by atoms with Gasteiger partial charge in [0, 0.05) is 33.3 Å². The van der Waals surface area contributed by atoms with Crippen molar-refractivity contribution in [2.24, 2.45) is 0 Å². The molecule has 1 amide bonds. The van der Waals surface area contributed by atoms with Gasteiger partial charge in [-0.05, 0) is 12.6 Å². The number of hydrogen-bond acceptors (Lipinski definition) is 5. The number of ether oxygens (including phenoxy) is 1. The van der Waals surface area contributed by atoms with Gasteiger partial charge in [0.2, 0.25) is 5.91 Å². The maximum absolute atomic E-state index is 11.9. The molecule has 1 aromatic heterocycles. The molecule has 0 unspecified atom stereocenters. The van der Waals surface area contributed by atoms with Crippen LogP contribution in [0.5, 0.6) is 0 Å². The van der Waals surface area contributed by atoms with E-state index in [1.54, 1.807) is 7.11 Å². The second-order valence-electron chi connectivity index (χ2n) is 5.30. The second-order valence-corrected chi connectivity index (χ2v) is 5.30. The molecule has 118 valence electrons. The van der Waals surface area contributed by atoms with Gasteiger partial charge in [-0.25, -0.2) is 0 Å². The maximum atomic E-state index is 11.9. The van der Waals surface area contributed by atoms with Crippen molar-refractivity contribution in [1.82, 2.24) is 25.3 Å². The summed E-state index contributed by atoms with van der Waals surface area (Å²) in [7, 11) is 1.63. The van der Waals surface area contributed by atoms with Crippen molar-refractivity contribution in [3.63, 3.8) is 0 Å². The first-order valence-corrected chi connectivity index (χ1v) is 7.44. The van der Waals surface area contributed by atoms with Crippen LogP contribution in [0.1, 0.15) is 18.3 Å². The number of rotatable bonds is 7. The predicted molar refractivity (Wildman–Crippen MR) is 79.7 cm³/mol. The SMILES string of the molecule is CCN1CCN(CC(=O)NCc2cc(COC)n[nH]2)CC1. The Balaban J connectivity index is 1.67. The molecule has 0 aromatic carbocycles. The minimum absolute atomic E-state index is 0.0582. The van der Waals surface area contributed by atoms with Gasteiger partial charge in [-0.15, -0.1) is 0 Å². The number of aromatic amines is 1. The summed E-state index contributed by atoms with van der Waals surface area (Å²) in [6, 6.07) is 1.91. The normalized spacial score (nSPS) is 17.0. The number of piperazine rings is 1. The molecular formula is C14H25N5O2. The summed E-state index contributed by atoms with van der Waals surface area (Å²) in [6.07, 6.45) is 0. The molecule has 1 saturated heterocycles. The minimum atomic E-state index is 0.0582.